The summed E-state index contributed by atoms with van der Waals surface area (Å²) in [4.78, 5) is 0. The minimum Gasteiger partial charge on any atom is -0.364 e. The summed E-state index contributed by atoms with van der Waals surface area (Å²) in [6.07, 6.45) is 17.5. The maximum atomic E-state index is 5.69. The lowest BCUT2D eigenvalue weighted by Crippen LogP contribution is -2.22. The molecule has 124 valence electrons. The van der Waals surface area contributed by atoms with Crippen LogP contribution in [0.15, 0.2) is 0 Å². The molecule has 0 saturated heterocycles. The normalized spacial score (nSPS) is 12.2. The summed E-state index contributed by atoms with van der Waals surface area (Å²) in [6, 6.07) is 0. The zero-order valence-electron chi connectivity index (χ0n) is 13.9. The molecule has 0 bridgehead atoms. The van der Waals surface area contributed by atoms with Gasteiger partial charge in [0.2, 0.25) is 0 Å². The van der Waals surface area contributed by atoms with Crippen LogP contribution in [0.4, 0.5) is 0 Å². The van der Waals surface area contributed by atoms with Crippen LogP contribution >= 0.6 is 12.4 Å². The highest BCUT2D eigenvalue weighted by Crippen LogP contribution is 2.11. The second-order valence-electron chi connectivity index (χ2n) is 5.71. The summed E-state index contributed by atoms with van der Waals surface area (Å²) in [5.41, 5.74) is 5.69. The molecule has 0 spiro atoms. The third-order valence-corrected chi connectivity index (χ3v) is 3.73. The average Bonchev–Trinajstić information content (AvgIpc) is 2.43. The van der Waals surface area contributed by atoms with E-state index in [0.29, 0.717) is 0 Å². The van der Waals surface area contributed by atoms with Crippen molar-refractivity contribution in [2.45, 2.75) is 104 Å². The zero-order chi connectivity index (χ0) is 14.2. The van der Waals surface area contributed by atoms with Crippen molar-refractivity contribution in [2.75, 3.05) is 6.61 Å². The topological polar surface area (TPSA) is 35.2 Å². The van der Waals surface area contributed by atoms with Crippen molar-refractivity contribution in [1.82, 2.24) is 0 Å². The molecule has 0 aliphatic carbocycles. The number of hydrogen-bond donors (Lipinski definition) is 1. The van der Waals surface area contributed by atoms with Crippen LogP contribution in [0, 0.1) is 0 Å². The number of ether oxygens (including phenoxy) is 1. The Balaban J connectivity index is 0. The van der Waals surface area contributed by atoms with Crippen molar-refractivity contribution < 1.29 is 4.74 Å². The molecule has 20 heavy (non-hydrogen) atoms. The van der Waals surface area contributed by atoms with Crippen molar-refractivity contribution in [3.8, 4) is 0 Å². The van der Waals surface area contributed by atoms with E-state index >= 15 is 0 Å². The van der Waals surface area contributed by atoms with Gasteiger partial charge in [0.15, 0.2) is 0 Å². The van der Waals surface area contributed by atoms with Gasteiger partial charge in [0, 0.05) is 6.61 Å². The van der Waals surface area contributed by atoms with Crippen molar-refractivity contribution in [1.29, 1.82) is 0 Å². The summed E-state index contributed by atoms with van der Waals surface area (Å²) < 4.78 is 5.46. The highest BCUT2D eigenvalue weighted by molar-refractivity contribution is 5.85. The van der Waals surface area contributed by atoms with Crippen LogP contribution in [-0.4, -0.2) is 12.8 Å². The van der Waals surface area contributed by atoms with Crippen molar-refractivity contribution in [3.63, 3.8) is 0 Å². The lowest BCUT2D eigenvalue weighted by Gasteiger charge is -2.09. The molecular formula is C17H38ClNO. The van der Waals surface area contributed by atoms with Crippen LogP contribution < -0.4 is 5.73 Å². The number of rotatable bonds is 15. The fraction of sp³-hybridized carbons (Fsp3) is 1.00. The second kappa shape index (κ2) is 19.2. The minimum absolute atomic E-state index is 0. The maximum Gasteiger partial charge on any atom is 0.105 e. The van der Waals surface area contributed by atoms with Crippen LogP contribution in [-0.2, 0) is 4.74 Å². The van der Waals surface area contributed by atoms with Gasteiger partial charge in [0.1, 0.15) is 6.23 Å². The number of hydrogen-bond acceptors (Lipinski definition) is 2. The third-order valence-electron chi connectivity index (χ3n) is 3.73. The Hall–Kier alpha value is 0.210. The Morgan fingerprint density at radius 2 is 1.10 bits per heavy atom. The first kappa shape index (κ1) is 22.5. The molecule has 1 unspecified atom stereocenters. The SMILES string of the molecule is CCCCCCCCCCCCCCOC(N)CC.Cl. The molecule has 2 nitrogen and oxygen atoms in total. The van der Waals surface area contributed by atoms with E-state index in [1.807, 2.05) is 0 Å². The molecule has 0 aromatic heterocycles. The van der Waals surface area contributed by atoms with E-state index in [-0.39, 0.29) is 18.6 Å². The van der Waals surface area contributed by atoms with Gasteiger partial charge in [-0.05, 0) is 12.8 Å². The molecule has 0 heterocycles. The Morgan fingerprint density at radius 1 is 0.700 bits per heavy atom. The molecule has 0 aliphatic rings. The van der Waals surface area contributed by atoms with Crippen LogP contribution in [0.3, 0.4) is 0 Å². The van der Waals surface area contributed by atoms with E-state index in [1.54, 1.807) is 0 Å². The smallest absolute Gasteiger partial charge is 0.105 e. The summed E-state index contributed by atoms with van der Waals surface area (Å²) in [7, 11) is 0. The van der Waals surface area contributed by atoms with Crippen molar-refractivity contribution in [3.05, 3.63) is 0 Å². The van der Waals surface area contributed by atoms with Crippen molar-refractivity contribution >= 4 is 12.4 Å². The molecular weight excluding hydrogens is 270 g/mol. The summed E-state index contributed by atoms with van der Waals surface area (Å²) >= 11 is 0. The molecule has 0 saturated carbocycles. The van der Waals surface area contributed by atoms with Gasteiger partial charge in [0.05, 0.1) is 0 Å². The molecule has 1 atom stereocenters. The van der Waals surface area contributed by atoms with E-state index in [0.717, 1.165) is 13.0 Å². The average molecular weight is 308 g/mol. The highest BCUT2D eigenvalue weighted by Gasteiger charge is 1.97. The van der Waals surface area contributed by atoms with Gasteiger partial charge >= 0.3 is 0 Å². The number of nitrogens with two attached hydrogens (primary N) is 1. The Kier molecular flexibility index (Phi) is 21.6. The lowest BCUT2D eigenvalue weighted by atomic mass is 10.1. The molecule has 3 heteroatoms. The van der Waals surface area contributed by atoms with E-state index in [4.69, 9.17) is 10.5 Å². The Labute approximate surface area is 133 Å². The van der Waals surface area contributed by atoms with Gasteiger partial charge in [-0.15, -0.1) is 12.4 Å². The van der Waals surface area contributed by atoms with E-state index in [2.05, 4.69) is 13.8 Å². The van der Waals surface area contributed by atoms with Crippen LogP contribution in [0.1, 0.15) is 97.3 Å². The molecule has 0 amide bonds. The van der Waals surface area contributed by atoms with E-state index in [1.165, 1.54) is 77.0 Å². The second-order valence-corrected chi connectivity index (χ2v) is 5.71. The first-order valence-electron chi connectivity index (χ1n) is 8.68. The quantitative estimate of drug-likeness (QED) is 0.305. The van der Waals surface area contributed by atoms with Gasteiger partial charge in [0.25, 0.3) is 0 Å². The van der Waals surface area contributed by atoms with Gasteiger partial charge in [-0.1, -0.05) is 84.5 Å². The fourth-order valence-corrected chi connectivity index (χ4v) is 2.30. The monoisotopic (exact) mass is 307 g/mol. The number of halogens is 1. The van der Waals surface area contributed by atoms with Crippen LogP contribution in [0.5, 0.6) is 0 Å². The predicted octanol–water partition coefficient (Wildman–Crippen LogP) is 5.82. The van der Waals surface area contributed by atoms with Gasteiger partial charge in [-0.2, -0.15) is 0 Å². The summed E-state index contributed by atoms with van der Waals surface area (Å²) in [6.45, 7) is 5.18. The minimum atomic E-state index is -0.0484. The molecule has 0 radical (unpaired) electrons. The Bertz CT molecular complexity index is 167. The molecule has 2 N–H and O–H groups in total. The molecule has 0 aliphatic heterocycles. The van der Waals surface area contributed by atoms with Gasteiger partial charge < -0.3 is 10.5 Å². The standard InChI is InChI=1S/C17H37NO.ClH/c1-3-5-6-7-8-9-10-11-12-13-14-15-16-19-17(18)4-2;/h17H,3-16,18H2,1-2H3;1H. The van der Waals surface area contributed by atoms with E-state index in [9.17, 15) is 0 Å². The number of unbranched alkanes of at least 4 members (excludes halogenated alkanes) is 11. The largest absolute Gasteiger partial charge is 0.364 e. The van der Waals surface area contributed by atoms with Gasteiger partial charge in [-0.3, -0.25) is 0 Å². The maximum absolute atomic E-state index is 5.69. The fourth-order valence-electron chi connectivity index (χ4n) is 2.30. The summed E-state index contributed by atoms with van der Waals surface area (Å²) in [5, 5.41) is 0. The predicted molar refractivity (Wildman–Crippen MR) is 92.5 cm³/mol. The van der Waals surface area contributed by atoms with E-state index < -0.39 is 0 Å². The molecule has 0 fully saturated rings. The Morgan fingerprint density at radius 3 is 1.50 bits per heavy atom. The molecule has 0 aromatic rings. The van der Waals surface area contributed by atoms with Crippen molar-refractivity contribution in [2.24, 2.45) is 5.73 Å². The highest BCUT2D eigenvalue weighted by atomic mass is 35.5. The van der Waals surface area contributed by atoms with Gasteiger partial charge in [-0.25, -0.2) is 0 Å². The third kappa shape index (κ3) is 18.2. The summed E-state index contributed by atoms with van der Waals surface area (Å²) in [5.74, 6) is 0. The first-order chi connectivity index (χ1) is 9.31. The first-order valence-corrected chi connectivity index (χ1v) is 8.68. The van der Waals surface area contributed by atoms with Crippen LogP contribution in [0.25, 0.3) is 0 Å². The molecule has 0 rings (SSSR count). The lowest BCUT2D eigenvalue weighted by molar-refractivity contribution is 0.0526. The zero-order valence-corrected chi connectivity index (χ0v) is 14.7. The van der Waals surface area contributed by atoms with Crippen LogP contribution in [0.2, 0.25) is 0 Å². The molecule has 0 aromatic carbocycles.